The van der Waals surface area contributed by atoms with Crippen LogP contribution in [-0.4, -0.2) is 0 Å². The van der Waals surface area contributed by atoms with Crippen molar-refractivity contribution in [3.63, 3.8) is 0 Å². The molecule has 0 saturated carbocycles. The van der Waals surface area contributed by atoms with Crippen molar-refractivity contribution in [2.45, 2.75) is 32.6 Å². The molecule has 3 heteroatoms. The number of thiophene rings is 3. The molecule has 3 aromatic heterocycles. The van der Waals surface area contributed by atoms with Crippen LogP contribution in [0, 0.1) is 0 Å². The summed E-state index contributed by atoms with van der Waals surface area (Å²) in [6.45, 7) is 2.27. The fourth-order valence-corrected chi connectivity index (χ4v) is 7.31. The van der Waals surface area contributed by atoms with Crippen molar-refractivity contribution in [3.8, 4) is 10.4 Å². The summed E-state index contributed by atoms with van der Waals surface area (Å²) >= 11 is 5.84. The standard InChI is InChI=1S/C23H20S3/c1-2-3-4-7-16-11-13-19(24-16)15-10-12-18-21(14-15)26-22-17-8-5-6-9-20(17)25-23(18)22/h5-6,8-14H,2-4,7H2,1H3. The molecule has 5 aromatic rings. The second-order valence-corrected chi connectivity index (χ2v) is 10.1. The van der Waals surface area contributed by atoms with Crippen molar-refractivity contribution in [1.29, 1.82) is 0 Å². The maximum Gasteiger partial charge on any atom is 0.0542 e. The molecule has 0 nitrogen and oxygen atoms in total. The van der Waals surface area contributed by atoms with E-state index in [1.807, 2.05) is 34.0 Å². The SMILES string of the molecule is CCCCCc1ccc(-c2ccc3c(c2)sc2c4ccccc4sc32)s1. The molecule has 0 spiro atoms. The van der Waals surface area contributed by atoms with Gasteiger partial charge in [0.05, 0.1) is 9.40 Å². The Labute approximate surface area is 165 Å². The third kappa shape index (κ3) is 2.79. The second kappa shape index (κ2) is 6.80. The summed E-state index contributed by atoms with van der Waals surface area (Å²) in [6, 6.07) is 20.4. The van der Waals surface area contributed by atoms with Gasteiger partial charge in [-0.3, -0.25) is 0 Å². The Kier molecular flexibility index (Phi) is 4.32. The quantitative estimate of drug-likeness (QED) is 0.262. The van der Waals surface area contributed by atoms with Crippen LogP contribution < -0.4 is 0 Å². The molecule has 3 heterocycles. The Morgan fingerprint density at radius 1 is 0.731 bits per heavy atom. The Hall–Kier alpha value is -1.68. The summed E-state index contributed by atoms with van der Waals surface area (Å²) in [6.07, 6.45) is 5.16. The van der Waals surface area contributed by atoms with E-state index < -0.39 is 0 Å². The van der Waals surface area contributed by atoms with Crippen LogP contribution in [0.25, 0.3) is 40.0 Å². The molecule has 26 heavy (non-hydrogen) atoms. The minimum Gasteiger partial charge on any atom is -0.140 e. The van der Waals surface area contributed by atoms with E-state index in [1.165, 1.54) is 70.6 Å². The van der Waals surface area contributed by atoms with Gasteiger partial charge in [0.2, 0.25) is 0 Å². The van der Waals surface area contributed by atoms with Gasteiger partial charge in [-0.05, 0) is 42.7 Å². The van der Waals surface area contributed by atoms with Gasteiger partial charge in [-0.15, -0.1) is 34.0 Å². The summed E-state index contributed by atoms with van der Waals surface area (Å²) in [5.41, 5.74) is 1.36. The minimum atomic E-state index is 1.22. The normalized spacial score (nSPS) is 11.9. The Bertz CT molecular complexity index is 1200. The van der Waals surface area contributed by atoms with Gasteiger partial charge in [-0.1, -0.05) is 50.1 Å². The Balaban J connectivity index is 1.54. The number of rotatable bonds is 5. The highest BCUT2D eigenvalue weighted by molar-refractivity contribution is 7.36. The zero-order valence-electron chi connectivity index (χ0n) is 14.7. The van der Waals surface area contributed by atoms with Crippen LogP contribution in [0.4, 0.5) is 0 Å². The molecule has 0 unspecified atom stereocenters. The van der Waals surface area contributed by atoms with Crippen LogP contribution in [0.5, 0.6) is 0 Å². The van der Waals surface area contributed by atoms with Crippen molar-refractivity contribution in [1.82, 2.24) is 0 Å². The lowest BCUT2D eigenvalue weighted by molar-refractivity contribution is 0.722. The molecule has 0 amide bonds. The number of aryl methyl sites for hydroxylation is 1. The second-order valence-electron chi connectivity index (χ2n) is 6.79. The van der Waals surface area contributed by atoms with Crippen molar-refractivity contribution in [2.24, 2.45) is 0 Å². The van der Waals surface area contributed by atoms with Crippen LogP contribution in [-0.2, 0) is 6.42 Å². The van der Waals surface area contributed by atoms with E-state index in [9.17, 15) is 0 Å². The summed E-state index contributed by atoms with van der Waals surface area (Å²) in [7, 11) is 0. The highest BCUT2D eigenvalue weighted by Crippen LogP contribution is 2.45. The summed E-state index contributed by atoms with van der Waals surface area (Å²) < 4.78 is 5.71. The fraction of sp³-hybridized carbons (Fsp3) is 0.217. The molecular weight excluding hydrogens is 372 g/mol. The molecule has 0 fully saturated rings. The van der Waals surface area contributed by atoms with Gasteiger partial charge in [0.25, 0.3) is 0 Å². The molecule has 0 saturated heterocycles. The van der Waals surface area contributed by atoms with Crippen LogP contribution in [0.3, 0.4) is 0 Å². The van der Waals surface area contributed by atoms with E-state index in [0.29, 0.717) is 0 Å². The van der Waals surface area contributed by atoms with Crippen LogP contribution in [0.2, 0.25) is 0 Å². The first-order valence-corrected chi connectivity index (χ1v) is 11.7. The maximum absolute atomic E-state index is 2.39. The zero-order chi connectivity index (χ0) is 17.5. The van der Waals surface area contributed by atoms with E-state index in [4.69, 9.17) is 0 Å². The van der Waals surface area contributed by atoms with Gasteiger partial charge in [0.15, 0.2) is 0 Å². The van der Waals surface area contributed by atoms with Crippen LogP contribution in [0.15, 0.2) is 54.6 Å². The minimum absolute atomic E-state index is 1.22. The van der Waals surface area contributed by atoms with Gasteiger partial charge < -0.3 is 0 Å². The first-order valence-electron chi connectivity index (χ1n) is 9.26. The summed E-state index contributed by atoms with van der Waals surface area (Å²) in [5, 5.41) is 2.82. The van der Waals surface area contributed by atoms with Crippen molar-refractivity contribution in [2.75, 3.05) is 0 Å². The number of hydrogen-bond donors (Lipinski definition) is 0. The predicted octanol–water partition coefficient (Wildman–Crippen LogP) is 8.73. The third-order valence-electron chi connectivity index (χ3n) is 4.96. The molecule has 130 valence electrons. The first kappa shape index (κ1) is 16.5. The molecule has 0 radical (unpaired) electrons. The van der Waals surface area contributed by atoms with Gasteiger partial charge in [0, 0.05) is 29.9 Å². The number of hydrogen-bond acceptors (Lipinski definition) is 3. The first-order chi connectivity index (χ1) is 12.8. The monoisotopic (exact) mass is 392 g/mol. The van der Waals surface area contributed by atoms with Crippen molar-refractivity contribution in [3.05, 3.63) is 59.5 Å². The smallest absolute Gasteiger partial charge is 0.0542 e. The van der Waals surface area contributed by atoms with E-state index in [-0.39, 0.29) is 0 Å². The number of fused-ring (bicyclic) bond motifs is 5. The van der Waals surface area contributed by atoms with E-state index in [1.54, 1.807) is 0 Å². The molecule has 0 N–H and O–H groups in total. The van der Waals surface area contributed by atoms with Gasteiger partial charge >= 0.3 is 0 Å². The van der Waals surface area contributed by atoms with E-state index in [0.717, 1.165) is 0 Å². The Morgan fingerprint density at radius 3 is 2.42 bits per heavy atom. The lowest BCUT2D eigenvalue weighted by atomic mass is 10.1. The third-order valence-corrected chi connectivity index (χ3v) is 8.67. The molecular formula is C23H20S3. The molecule has 5 rings (SSSR count). The highest BCUT2D eigenvalue weighted by atomic mass is 32.1. The number of benzene rings is 2. The maximum atomic E-state index is 2.39. The highest BCUT2D eigenvalue weighted by Gasteiger charge is 2.13. The largest absolute Gasteiger partial charge is 0.140 e. The molecule has 0 aliphatic carbocycles. The van der Waals surface area contributed by atoms with Crippen LogP contribution in [0.1, 0.15) is 31.1 Å². The van der Waals surface area contributed by atoms with Gasteiger partial charge in [0.1, 0.15) is 0 Å². The number of unbranched alkanes of at least 4 members (excludes halogenated alkanes) is 2. The predicted molar refractivity (Wildman–Crippen MR) is 121 cm³/mol. The molecule has 0 atom stereocenters. The van der Waals surface area contributed by atoms with E-state index >= 15 is 0 Å². The van der Waals surface area contributed by atoms with Gasteiger partial charge in [-0.2, -0.15) is 0 Å². The van der Waals surface area contributed by atoms with Crippen molar-refractivity contribution < 1.29 is 0 Å². The molecule has 0 aliphatic rings. The summed E-state index contributed by atoms with van der Waals surface area (Å²) in [4.78, 5) is 2.92. The summed E-state index contributed by atoms with van der Waals surface area (Å²) in [5.74, 6) is 0. The molecule has 0 aliphatic heterocycles. The lowest BCUT2D eigenvalue weighted by Crippen LogP contribution is -1.78. The average molecular weight is 393 g/mol. The molecule has 2 aromatic carbocycles. The van der Waals surface area contributed by atoms with Gasteiger partial charge in [-0.25, -0.2) is 0 Å². The zero-order valence-corrected chi connectivity index (χ0v) is 17.2. The average Bonchev–Trinajstić information content (AvgIpc) is 3.35. The lowest BCUT2D eigenvalue weighted by Gasteiger charge is -1.99. The van der Waals surface area contributed by atoms with E-state index in [2.05, 4.69) is 61.5 Å². The molecule has 0 bridgehead atoms. The topological polar surface area (TPSA) is 0 Å². The van der Waals surface area contributed by atoms with Crippen molar-refractivity contribution >= 4 is 63.6 Å². The van der Waals surface area contributed by atoms with Crippen LogP contribution >= 0.6 is 34.0 Å². The Morgan fingerprint density at radius 2 is 1.54 bits per heavy atom. The fourth-order valence-electron chi connectivity index (χ4n) is 3.57.